The van der Waals surface area contributed by atoms with Gasteiger partial charge in [0.1, 0.15) is 12.2 Å². The van der Waals surface area contributed by atoms with Gasteiger partial charge in [0.25, 0.3) is 0 Å². The van der Waals surface area contributed by atoms with Crippen LogP contribution in [0.3, 0.4) is 0 Å². The predicted octanol–water partition coefficient (Wildman–Crippen LogP) is 2.60. The molecule has 1 aromatic carbocycles. The third-order valence-electron chi connectivity index (χ3n) is 2.81. The second-order valence-electron chi connectivity index (χ2n) is 3.98. The summed E-state index contributed by atoms with van der Waals surface area (Å²) in [5.74, 6) is 0.973. The topological polar surface area (TPSA) is 42.7 Å². The van der Waals surface area contributed by atoms with Crippen LogP contribution < -0.4 is 5.32 Å². The highest BCUT2D eigenvalue weighted by Gasteiger charge is 2.18. The van der Waals surface area contributed by atoms with Gasteiger partial charge in [-0.15, -0.1) is 0 Å². The van der Waals surface area contributed by atoms with E-state index in [1.165, 1.54) is 9.13 Å². The Kier molecular flexibility index (Phi) is 4.71. The molecule has 0 fully saturated rings. The molecule has 96 valence electrons. The van der Waals surface area contributed by atoms with Crippen LogP contribution >= 0.6 is 22.6 Å². The fraction of sp³-hybridized carbons (Fsp3) is 0.385. The first-order valence-electron chi connectivity index (χ1n) is 6.12. The van der Waals surface area contributed by atoms with Gasteiger partial charge in [0.15, 0.2) is 0 Å². The van der Waals surface area contributed by atoms with E-state index in [4.69, 9.17) is 0 Å². The molecule has 0 radical (unpaired) electrons. The molecule has 0 saturated heterocycles. The SMILES string of the molecule is CCNC(c1ccc(I)cc1)c1ncnn1CC. The molecule has 1 atom stereocenters. The van der Waals surface area contributed by atoms with Gasteiger partial charge < -0.3 is 5.32 Å². The van der Waals surface area contributed by atoms with Gasteiger partial charge in [0.2, 0.25) is 0 Å². The zero-order valence-electron chi connectivity index (χ0n) is 10.6. The number of nitrogens with one attached hydrogen (secondary N) is 1. The molecule has 1 heterocycles. The van der Waals surface area contributed by atoms with Gasteiger partial charge >= 0.3 is 0 Å². The summed E-state index contributed by atoms with van der Waals surface area (Å²) >= 11 is 2.32. The number of halogens is 1. The molecule has 1 aromatic heterocycles. The Labute approximate surface area is 121 Å². The molecule has 0 aliphatic heterocycles. The summed E-state index contributed by atoms with van der Waals surface area (Å²) in [5, 5.41) is 7.71. The maximum absolute atomic E-state index is 4.39. The lowest BCUT2D eigenvalue weighted by molar-refractivity contribution is 0.531. The number of hydrogen-bond acceptors (Lipinski definition) is 3. The number of aryl methyl sites for hydroxylation is 1. The van der Waals surface area contributed by atoms with E-state index in [1.807, 2.05) is 4.68 Å². The van der Waals surface area contributed by atoms with Crippen LogP contribution in [0.2, 0.25) is 0 Å². The molecule has 5 heteroatoms. The van der Waals surface area contributed by atoms with Gasteiger partial charge in [0, 0.05) is 10.1 Å². The molecule has 0 spiro atoms. The molecule has 1 unspecified atom stereocenters. The monoisotopic (exact) mass is 356 g/mol. The van der Waals surface area contributed by atoms with Crippen molar-refractivity contribution in [2.45, 2.75) is 26.4 Å². The van der Waals surface area contributed by atoms with E-state index in [0.717, 1.165) is 18.9 Å². The van der Waals surface area contributed by atoms with Crippen molar-refractivity contribution in [1.29, 1.82) is 0 Å². The van der Waals surface area contributed by atoms with Crippen LogP contribution in [-0.2, 0) is 6.54 Å². The Morgan fingerprint density at radius 2 is 2.00 bits per heavy atom. The van der Waals surface area contributed by atoms with Crippen molar-refractivity contribution in [3.05, 3.63) is 45.6 Å². The first-order valence-corrected chi connectivity index (χ1v) is 7.20. The summed E-state index contributed by atoms with van der Waals surface area (Å²) in [6, 6.07) is 8.63. The number of aromatic nitrogens is 3. The van der Waals surface area contributed by atoms with Gasteiger partial charge in [-0.1, -0.05) is 19.1 Å². The van der Waals surface area contributed by atoms with E-state index in [0.29, 0.717) is 0 Å². The standard InChI is InChI=1S/C13H17IN4/c1-3-15-12(10-5-7-11(14)8-6-10)13-16-9-17-18(13)4-2/h5-9,12,15H,3-4H2,1-2H3. The molecule has 1 N–H and O–H groups in total. The molecular formula is C13H17IN4. The lowest BCUT2D eigenvalue weighted by Crippen LogP contribution is -2.25. The first-order chi connectivity index (χ1) is 8.76. The van der Waals surface area contributed by atoms with E-state index >= 15 is 0 Å². The largest absolute Gasteiger partial charge is 0.304 e. The van der Waals surface area contributed by atoms with Gasteiger partial charge in [0.05, 0.1) is 6.04 Å². The lowest BCUT2D eigenvalue weighted by Gasteiger charge is -2.18. The van der Waals surface area contributed by atoms with E-state index in [9.17, 15) is 0 Å². The summed E-state index contributed by atoms with van der Waals surface area (Å²) in [4.78, 5) is 4.39. The molecule has 0 aliphatic rings. The highest BCUT2D eigenvalue weighted by Crippen LogP contribution is 2.21. The molecule has 0 bridgehead atoms. The third kappa shape index (κ3) is 2.89. The van der Waals surface area contributed by atoms with Crippen LogP contribution in [0.5, 0.6) is 0 Å². The van der Waals surface area contributed by atoms with Crippen molar-refractivity contribution in [3.63, 3.8) is 0 Å². The van der Waals surface area contributed by atoms with Gasteiger partial charge in [-0.3, -0.25) is 0 Å². The maximum Gasteiger partial charge on any atom is 0.148 e. The number of benzene rings is 1. The van der Waals surface area contributed by atoms with Crippen molar-refractivity contribution < 1.29 is 0 Å². The molecule has 4 nitrogen and oxygen atoms in total. The van der Waals surface area contributed by atoms with Crippen molar-refractivity contribution in [1.82, 2.24) is 20.1 Å². The van der Waals surface area contributed by atoms with Gasteiger partial charge in [-0.05, 0) is 53.8 Å². The minimum atomic E-state index is 0.106. The summed E-state index contributed by atoms with van der Waals surface area (Å²) in [6.45, 7) is 5.91. The lowest BCUT2D eigenvalue weighted by atomic mass is 10.1. The predicted molar refractivity (Wildman–Crippen MR) is 80.4 cm³/mol. The zero-order chi connectivity index (χ0) is 13.0. The van der Waals surface area contributed by atoms with Crippen molar-refractivity contribution >= 4 is 22.6 Å². The zero-order valence-corrected chi connectivity index (χ0v) is 12.8. The highest BCUT2D eigenvalue weighted by atomic mass is 127. The minimum absolute atomic E-state index is 0.106. The van der Waals surface area contributed by atoms with Crippen LogP contribution in [-0.4, -0.2) is 21.3 Å². The van der Waals surface area contributed by atoms with E-state index in [2.05, 4.69) is 76.1 Å². The van der Waals surface area contributed by atoms with Crippen molar-refractivity contribution in [2.75, 3.05) is 6.54 Å². The van der Waals surface area contributed by atoms with E-state index in [-0.39, 0.29) is 6.04 Å². The summed E-state index contributed by atoms with van der Waals surface area (Å²) in [5.41, 5.74) is 1.22. The van der Waals surface area contributed by atoms with Crippen LogP contribution in [0.4, 0.5) is 0 Å². The Balaban J connectivity index is 2.36. The first kappa shape index (κ1) is 13.5. The Bertz CT molecular complexity index is 492. The number of nitrogens with zero attached hydrogens (tertiary/aromatic N) is 3. The maximum atomic E-state index is 4.39. The van der Waals surface area contributed by atoms with Gasteiger partial charge in [-0.25, -0.2) is 9.67 Å². The fourth-order valence-electron chi connectivity index (χ4n) is 1.96. The average Bonchev–Trinajstić information content (AvgIpc) is 2.85. The number of rotatable bonds is 5. The molecule has 0 saturated carbocycles. The summed E-state index contributed by atoms with van der Waals surface area (Å²) in [7, 11) is 0. The van der Waals surface area contributed by atoms with Crippen LogP contribution in [0.1, 0.15) is 31.3 Å². The van der Waals surface area contributed by atoms with Gasteiger partial charge in [-0.2, -0.15) is 5.10 Å². The van der Waals surface area contributed by atoms with Crippen molar-refractivity contribution in [3.8, 4) is 0 Å². The number of hydrogen-bond donors (Lipinski definition) is 1. The average molecular weight is 356 g/mol. The second kappa shape index (κ2) is 6.29. The minimum Gasteiger partial charge on any atom is -0.304 e. The Morgan fingerprint density at radius 3 is 2.61 bits per heavy atom. The van der Waals surface area contributed by atoms with Crippen molar-refractivity contribution in [2.24, 2.45) is 0 Å². The fourth-order valence-corrected chi connectivity index (χ4v) is 2.32. The highest BCUT2D eigenvalue weighted by molar-refractivity contribution is 14.1. The Morgan fingerprint density at radius 1 is 1.28 bits per heavy atom. The van der Waals surface area contributed by atoms with Crippen LogP contribution in [0.15, 0.2) is 30.6 Å². The smallest absolute Gasteiger partial charge is 0.148 e. The quantitative estimate of drug-likeness (QED) is 0.838. The summed E-state index contributed by atoms with van der Waals surface area (Å²) in [6.07, 6.45) is 1.62. The van der Waals surface area contributed by atoms with E-state index < -0.39 is 0 Å². The van der Waals surface area contributed by atoms with Crippen LogP contribution in [0, 0.1) is 3.57 Å². The molecule has 0 aliphatic carbocycles. The molecule has 0 amide bonds. The molecular weight excluding hydrogens is 339 g/mol. The molecule has 18 heavy (non-hydrogen) atoms. The van der Waals surface area contributed by atoms with Crippen LogP contribution in [0.25, 0.3) is 0 Å². The second-order valence-corrected chi connectivity index (χ2v) is 5.22. The molecule has 2 rings (SSSR count). The third-order valence-corrected chi connectivity index (χ3v) is 3.53. The molecule has 2 aromatic rings. The Hall–Kier alpha value is -0.950. The summed E-state index contributed by atoms with van der Waals surface area (Å²) < 4.78 is 3.18. The van der Waals surface area contributed by atoms with E-state index in [1.54, 1.807) is 6.33 Å². The normalized spacial score (nSPS) is 12.6.